The maximum absolute atomic E-state index is 12.2. The standard InChI is InChI=1S/C16H19NO3/c1-4-11-16(12-5-2,15(19)20-3)17-14(18)13-9-7-6-8-10-13/h4-10H,1-2,11-12H2,3H3,(H,17,18). The molecule has 0 aromatic heterocycles. The third kappa shape index (κ3) is 3.57. The molecule has 20 heavy (non-hydrogen) atoms. The molecule has 4 heteroatoms. The first-order valence-corrected chi connectivity index (χ1v) is 6.27. The van der Waals surface area contributed by atoms with E-state index in [0.29, 0.717) is 5.56 Å². The van der Waals surface area contributed by atoms with Gasteiger partial charge in [0, 0.05) is 5.56 Å². The van der Waals surface area contributed by atoms with Gasteiger partial charge in [-0.05, 0) is 25.0 Å². The number of benzene rings is 1. The van der Waals surface area contributed by atoms with E-state index in [4.69, 9.17) is 4.74 Å². The molecule has 1 aromatic rings. The van der Waals surface area contributed by atoms with Crippen LogP contribution in [0, 0.1) is 0 Å². The molecule has 0 unspecified atom stereocenters. The van der Waals surface area contributed by atoms with E-state index in [9.17, 15) is 9.59 Å². The summed E-state index contributed by atoms with van der Waals surface area (Å²) in [5, 5.41) is 2.74. The van der Waals surface area contributed by atoms with Crippen LogP contribution in [0.3, 0.4) is 0 Å². The summed E-state index contributed by atoms with van der Waals surface area (Å²) in [7, 11) is 1.29. The van der Waals surface area contributed by atoms with Gasteiger partial charge in [-0.15, -0.1) is 13.2 Å². The molecule has 0 fully saturated rings. The molecule has 0 saturated carbocycles. The van der Waals surface area contributed by atoms with Gasteiger partial charge in [0.05, 0.1) is 7.11 Å². The zero-order chi connectivity index (χ0) is 15.0. The number of carbonyl (C=O) groups is 2. The number of hydrogen-bond acceptors (Lipinski definition) is 3. The molecular weight excluding hydrogens is 254 g/mol. The smallest absolute Gasteiger partial charge is 0.332 e. The van der Waals surface area contributed by atoms with Crippen molar-refractivity contribution >= 4 is 11.9 Å². The Balaban J connectivity index is 3.05. The zero-order valence-electron chi connectivity index (χ0n) is 11.6. The summed E-state index contributed by atoms with van der Waals surface area (Å²) < 4.78 is 4.81. The number of rotatable bonds is 7. The normalized spacial score (nSPS) is 10.4. The lowest BCUT2D eigenvalue weighted by atomic mass is 9.90. The van der Waals surface area contributed by atoms with Crippen molar-refractivity contribution in [3.05, 3.63) is 61.2 Å². The lowest BCUT2D eigenvalue weighted by Gasteiger charge is -2.30. The molecule has 0 atom stereocenters. The second-order valence-corrected chi connectivity index (χ2v) is 4.38. The average molecular weight is 273 g/mol. The highest BCUT2D eigenvalue weighted by Gasteiger charge is 2.39. The number of carbonyl (C=O) groups excluding carboxylic acids is 2. The van der Waals surface area contributed by atoms with Crippen LogP contribution < -0.4 is 5.32 Å². The molecule has 1 amide bonds. The highest BCUT2D eigenvalue weighted by molar-refractivity contribution is 5.98. The van der Waals surface area contributed by atoms with Crippen molar-refractivity contribution in [1.29, 1.82) is 0 Å². The third-order valence-corrected chi connectivity index (χ3v) is 2.95. The van der Waals surface area contributed by atoms with Crippen LogP contribution in [0.5, 0.6) is 0 Å². The summed E-state index contributed by atoms with van der Waals surface area (Å²) in [6.07, 6.45) is 3.69. The summed E-state index contributed by atoms with van der Waals surface area (Å²) in [6.45, 7) is 7.26. The van der Waals surface area contributed by atoms with Crippen LogP contribution >= 0.6 is 0 Å². The van der Waals surface area contributed by atoms with Gasteiger partial charge in [0.2, 0.25) is 0 Å². The van der Waals surface area contributed by atoms with Gasteiger partial charge in [-0.3, -0.25) is 4.79 Å². The van der Waals surface area contributed by atoms with E-state index in [0.717, 1.165) is 0 Å². The molecule has 0 aliphatic rings. The number of nitrogens with one attached hydrogen (secondary N) is 1. The Kier molecular flexibility index (Phi) is 5.72. The summed E-state index contributed by atoms with van der Waals surface area (Å²) >= 11 is 0. The quantitative estimate of drug-likeness (QED) is 0.613. The Morgan fingerprint density at radius 2 is 1.75 bits per heavy atom. The molecule has 0 bridgehead atoms. The van der Waals surface area contributed by atoms with E-state index in [1.807, 2.05) is 6.07 Å². The predicted octanol–water partition coefficient (Wildman–Crippen LogP) is 2.48. The lowest BCUT2D eigenvalue weighted by Crippen LogP contribution is -2.54. The van der Waals surface area contributed by atoms with E-state index in [1.165, 1.54) is 7.11 Å². The van der Waals surface area contributed by atoms with Crippen molar-refractivity contribution in [3.8, 4) is 0 Å². The fraction of sp³-hybridized carbons (Fsp3) is 0.250. The molecule has 0 radical (unpaired) electrons. The van der Waals surface area contributed by atoms with Gasteiger partial charge < -0.3 is 10.1 Å². The molecule has 0 aliphatic carbocycles. The van der Waals surface area contributed by atoms with Crippen molar-refractivity contribution in [2.75, 3.05) is 7.11 Å². The molecular formula is C16H19NO3. The number of ether oxygens (including phenoxy) is 1. The molecule has 0 saturated heterocycles. The summed E-state index contributed by atoms with van der Waals surface area (Å²) in [6, 6.07) is 8.70. The van der Waals surface area contributed by atoms with Crippen LogP contribution in [-0.2, 0) is 9.53 Å². The molecule has 0 aliphatic heterocycles. The topological polar surface area (TPSA) is 55.4 Å². The van der Waals surface area contributed by atoms with E-state index >= 15 is 0 Å². The first-order valence-electron chi connectivity index (χ1n) is 6.27. The average Bonchev–Trinajstić information content (AvgIpc) is 2.47. The highest BCUT2D eigenvalue weighted by Crippen LogP contribution is 2.20. The van der Waals surface area contributed by atoms with Gasteiger partial charge in [0.25, 0.3) is 5.91 Å². The van der Waals surface area contributed by atoms with E-state index in [2.05, 4.69) is 18.5 Å². The number of hydrogen-bond donors (Lipinski definition) is 1. The minimum atomic E-state index is -1.16. The molecule has 0 heterocycles. The fourth-order valence-corrected chi connectivity index (χ4v) is 1.97. The van der Waals surface area contributed by atoms with Crippen molar-refractivity contribution in [3.63, 3.8) is 0 Å². The van der Waals surface area contributed by atoms with Gasteiger partial charge in [-0.25, -0.2) is 4.79 Å². The van der Waals surface area contributed by atoms with Crippen LogP contribution in [0.4, 0.5) is 0 Å². The number of esters is 1. The van der Waals surface area contributed by atoms with Crippen molar-refractivity contribution in [2.24, 2.45) is 0 Å². The summed E-state index contributed by atoms with van der Waals surface area (Å²) in [5.41, 5.74) is -0.681. The van der Waals surface area contributed by atoms with Crippen LogP contribution in [0.15, 0.2) is 55.6 Å². The van der Waals surface area contributed by atoms with Crippen LogP contribution in [0.2, 0.25) is 0 Å². The fourth-order valence-electron chi connectivity index (χ4n) is 1.97. The third-order valence-electron chi connectivity index (χ3n) is 2.95. The van der Waals surface area contributed by atoms with Gasteiger partial charge in [0.1, 0.15) is 5.54 Å². The molecule has 0 spiro atoms. The van der Waals surface area contributed by atoms with Crippen LogP contribution in [0.1, 0.15) is 23.2 Å². The molecule has 1 rings (SSSR count). The monoisotopic (exact) mass is 273 g/mol. The minimum Gasteiger partial charge on any atom is -0.467 e. The molecule has 4 nitrogen and oxygen atoms in total. The summed E-state index contributed by atoms with van der Waals surface area (Å²) in [4.78, 5) is 24.3. The Labute approximate surface area is 119 Å². The van der Waals surface area contributed by atoms with E-state index < -0.39 is 11.5 Å². The SMILES string of the molecule is C=CCC(CC=C)(NC(=O)c1ccccc1)C(=O)OC. The first-order chi connectivity index (χ1) is 9.59. The van der Waals surface area contributed by atoms with E-state index in [-0.39, 0.29) is 18.7 Å². The highest BCUT2D eigenvalue weighted by atomic mass is 16.5. The Morgan fingerprint density at radius 3 is 2.20 bits per heavy atom. The summed E-state index contributed by atoms with van der Waals surface area (Å²) in [5.74, 6) is -0.846. The van der Waals surface area contributed by atoms with Crippen molar-refractivity contribution < 1.29 is 14.3 Å². The van der Waals surface area contributed by atoms with Gasteiger partial charge in [-0.1, -0.05) is 30.4 Å². The second-order valence-electron chi connectivity index (χ2n) is 4.38. The molecule has 1 aromatic carbocycles. The van der Waals surface area contributed by atoms with Crippen molar-refractivity contribution in [2.45, 2.75) is 18.4 Å². The minimum absolute atomic E-state index is 0.268. The molecule has 106 valence electrons. The number of methoxy groups -OCH3 is 1. The van der Waals surface area contributed by atoms with Crippen LogP contribution in [-0.4, -0.2) is 24.5 Å². The largest absolute Gasteiger partial charge is 0.467 e. The van der Waals surface area contributed by atoms with Crippen molar-refractivity contribution in [1.82, 2.24) is 5.32 Å². The van der Waals surface area contributed by atoms with Gasteiger partial charge in [-0.2, -0.15) is 0 Å². The zero-order valence-corrected chi connectivity index (χ0v) is 11.6. The Morgan fingerprint density at radius 1 is 1.20 bits per heavy atom. The maximum Gasteiger partial charge on any atom is 0.332 e. The molecule has 1 N–H and O–H groups in total. The Bertz CT molecular complexity index is 484. The second kappa shape index (κ2) is 7.28. The van der Waals surface area contributed by atoms with Gasteiger partial charge >= 0.3 is 5.97 Å². The lowest BCUT2D eigenvalue weighted by molar-refractivity contribution is -0.148. The van der Waals surface area contributed by atoms with E-state index in [1.54, 1.807) is 36.4 Å². The Hall–Kier alpha value is -2.36. The maximum atomic E-state index is 12.2. The first kappa shape index (κ1) is 15.7. The van der Waals surface area contributed by atoms with Crippen LogP contribution in [0.25, 0.3) is 0 Å². The van der Waals surface area contributed by atoms with Gasteiger partial charge in [0.15, 0.2) is 0 Å². The number of amides is 1. The predicted molar refractivity (Wildman–Crippen MR) is 78.3 cm³/mol.